The molecule has 1 aromatic carbocycles. The quantitative estimate of drug-likeness (QED) is 0.540. The molecule has 0 radical (unpaired) electrons. The van der Waals surface area contributed by atoms with Crippen LogP contribution >= 0.6 is 24.0 Å². The summed E-state index contributed by atoms with van der Waals surface area (Å²) in [5.41, 5.74) is 2.23. The topological polar surface area (TPSA) is 75.4 Å². The normalized spacial score (nSPS) is 15.5. The number of anilines is 1. The highest BCUT2D eigenvalue weighted by atomic mass is 32.2. The number of carbonyl (C=O) groups is 2. The van der Waals surface area contributed by atoms with E-state index in [0.29, 0.717) is 33.8 Å². The van der Waals surface area contributed by atoms with Crippen LogP contribution in [0.1, 0.15) is 36.7 Å². The fourth-order valence-corrected chi connectivity index (χ4v) is 4.03. The van der Waals surface area contributed by atoms with Crippen LogP contribution in [0.2, 0.25) is 0 Å². The monoisotopic (exact) mass is 415 g/mol. The molecule has 3 rings (SSSR count). The van der Waals surface area contributed by atoms with E-state index in [9.17, 15) is 9.59 Å². The molecule has 8 heteroatoms. The second-order valence-corrected chi connectivity index (χ2v) is 8.08. The minimum absolute atomic E-state index is 0.109. The third kappa shape index (κ3) is 5.08. The fourth-order valence-electron chi connectivity index (χ4n) is 2.72. The zero-order valence-corrected chi connectivity index (χ0v) is 17.4. The van der Waals surface area contributed by atoms with E-state index in [1.807, 2.05) is 18.2 Å². The highest BCUT2D eigenvalue weighted by Crippen LogP contribution is 2.32. The number of nitrogens with one attached hydrogen (secondary N) is 1. The van der Waals surface area contributed by atoms with Gasteiger partial charge in [0, 0.05) is 19.0 Å². The van der Waals surface area contributed by atoms with E-state index >= 15 is 0 Å². The Morgan fingerprint density at radius 2 is 2.11 bits per heavy atom. The smallest absolute Gasteiger partial charge is 0.266 e. The van der Waals surface area contributed by atoms with Crippen molar-refractivity contribution < 1.29 is 14.1 Å². The molecule has 1 aromatic heterocycles. The van der Waals surface area contributed by atoms with Crippen molar-refractivity contribution >= 4 is 52.0 Å². The van der Waals surface area contributed by atoms with Gasteiger partial charge in [0.05, 0.1) is 4.91 Å². The lowest BCUT2D eigenvalue weighted by atomic mass is 10.1. The average Bonchev–Trinajstić information content (AvgIpc) is 3.19. The lowest BCUT2D eigenvalue weighted by Gasteiger charge is -2.13. The highest BCUT2D eigenvalue weighted by molar-refractivity contribution is 8.26. The first kappa shape index (κ1) is 20.3. The minimum Gasteiger partial charge on any atom is -0.360 e. The van der Waals surface area contributed by atoms with Crippen LogP contribution in [0.4, 0.5) is 5.82 Å². The van der Waals surface area contributed by atoms with E-state index in [1.54, 1.807) is 17.9 Å². The van der Waals surface area contributed by atoms with E-state index < -0.39 is 0 Å². The molecule has 28 heavy (non-hydrogen) atoms. The largest absolute Gasteiger partial charge is 0.360 e. The molecule has 146 valence electrons. The van der Waals surface area contributed by atoms with Crippen molar-refractivity contribution in [1.29, 1.82) is 0 Å². The summed E-state index contributed by atoms with van der Waals surface area (Å²) in [4.78, 5) is 26.8. The van der Waals surface area contributed by atoms with Gasteiger partial charge in [-0.15, -0.1) is 0 Å². The van der Waals surface area contributed by atoms with E-state index in [4.69, 9.17) is 16.7 Å². The zero-order chi connectivity index (χ0) is 20.1. The van der Waals surface area contributed by atoms with Gasteiger partial charge >= 0.3 is 0 Å². The molecule has 0 spiro atoms. The molecular formula is C20H21N3O3S2. The number of thiocarbonyl (C=S) groups is 1. The van der Waals surface area contributed by atoms with Gasteiger partial charge in [-0.25, -0.2) is 0 Å². The van der Waals surface area contributed by atoms with E-state index in [-0.39, 0.29) is 18.2 Å². The number of rotatable bonds is 7. The maximum absolute atomic E-state index is 12.6. The molecule has 2 aromatic rings. The first-order valence-corrected chi connectivity index (χ1v) is 10.3. The van der Waals surface area contributed by atoms with Gasteiger partial charge in [-0.05, 0) is 37.0 Å². The SMILES string of the molecule is CCc1ccc(/C=C2\SC(=S)N(CCCC(=O)Nc3cc(C)on3)C2=O)cc1. The number of carbonyl (C=O) groups excluding carboxylic acids is 2. The van der Waals surface area contributed by atoms with Gasteiger partial charge in [-0.1, -0.05) is 60.3 Å². The van der Waals surface area contributed by atoms with Crippen LogP contribution in [0.25, 0.3) is 6.08 Å². The van der Waals surface area contributed by atoms with Crippen LogP contribution in [0.5, 0.6) is 0 Å². The van der Waals surface area contributed by atoms with Crippen LogP contribution < -0.4 is 5.32 Å². The number of hydrogen-bond acceptors (Lipinski definition) is 6. The molecule has 6 nitrogen and oxygen atoms in total. The Morgan fingerprint density at radius 3 is 2.75 bits per heavy atom. The molecular weight excluding hydrogens is 394 g/mol. The summed E-state index contributed by atoms with van der Waals surface area (Å²) in [5.74, 6) is 0.738. The Balaban J connectivity index is 1.53. The second kappa shape index (κ2) is 9.16. The van der Waals surface area contributed by atoms with Gasteiger partial charge in [0.15, 0.2) is 5.82 Å². The van der Waals surface area contributed by atoms with Crippen LogP contribution in [0.3, 0.4) is 0 Å². The molecule has 1 N–H and O–H groups in total. The summed E-state index contributed by atoms with van der Waals surface area (Å²) in [7, 11) is 0. The summed E-state index contributed by atoms with van der Waals surface area (Å²) in [5, 5.41) is 6.39. The third-order valence-corrected chi connectivity index (χ3v) is 5.62. The van der Waals surface area contributed by atoms with Gasteiger partial charge in [-0.3, -0.25) is 14.5 Å². The predicted molar refractivity (Wildman–Crippen MR) is 115 cm³/mol. The molecule has 0 aliphatic carbocycles. The van der Waals surface area contributed by atoms with Crippen LogP contribution in [-0.2, 0) is 16.0 Å². The molecule has 0 bridgehead atoms. The molecule has 0 unspecified atom stereocenters. The van der Waals surface area contributed by atoms with Gasteiger partial charge < -0.3 is 9.84 Å². The number of nitrogens with zero attached hydrogens (tertiary/aromatic N) is 2. The lowest BCUT2D eigenvalue weighted by molar-refractivity contribution is -0.122. The Labute approximate surface area is 173 Å². The molecule has 0 saturated carbocycles. The Hall–Kier alpha value is -2.45. The Morgan fingerprint density at radius 1 is 1.36 bits per heavy atom. The van der Waals surface area contributed by atoms with Gasteiger partial charge in [0.25, 0.3) is 5.91 Å². The summed E-state index contributed by atoms with van der Waals surface area (Å²) >= 11 is 6.64. The number of thioether (sulfide) groups is 1. The van der Waals surface area contributed by atoms with Crippen molar-refractivity contribution in [3.63, 3.8) is 0 Å². The van der Waals surface area contributed by atoms with Gasteiger partial charge in [0.2, 0.25) is 5.91 Å². The highest BCUT2D eigenvalue weighted by Gasteiger charge is 2.31. The summed E-state index contributed by atoms with van der Waals surface area (Å²) in [6, 6.07) is 9.77. The minimum atomic E-state index is -0.176. The van der Waals surface area contributed by atoms with Crippen molar-refractivity contribution in [2.24, 2.45) is 0 Å². The van der Waals surface area contributed by atoms with E-state index in [1.165, 1.54) is 17.3 Å². The summed E-state index contributed by atoms with van der Waals surface area (Å²) in [6.45, 7) is 4.26. The number of aromatic nitrogens is 1. The Kier molecular flexibility index (Phi) is 6.64. The third-order valence-electron chi connectivity index (χ3n) is 4.24. The van der Waals surface area contributed by atoms with Crippen LogP contribution in [0, 0.1) is 6.92 Å². The van der Waals surface area contributed by atoms with Gasteiger partial charge in [-0.2, -0.15) is 0 Å². The lowest BCUT2D eigenvalue weighted by Crippen LogP contribution is -2.29. The van der Waals surface area contributed by atoms with E-state index in [2.05, 4.69) is 29.5 Å². The average molecular weight is 416 g/mol. The predicted octanol–water partition coefficient (Wildman–Crippen LogP) is 4.17. The molecule has 2 heterocycles. The molecule has 1 saturated heterocycles. The molecule has 0 atom stereocenters. The molecule has 1 aliphatic rings. The fraction of sp³-hybridized carbons (Fsp3) is 0.300. The Bertz CT molecular complexity index is 919. The molecule has 1 fully saturated rings. The summed E-state index contributed by atoms with van der Waals surface area (Å²) in [6.07, 6.45) is 3.61. The van der Waals surface area contributed by atoms with E-state index in [0.717, 1.165) is 12.0 Å². The number of aryl methyl sites for hydroxylation is 2. The first-order chi connectivity index (χ1) is 13.5. The van der Waals surface area contributed by atoms with Gasteiger partial charge in [0.1, 0.15) is 10.1 Å². The van der Waals surface area contributed by atoms with Crippen molar-refractivity contribution in [3.05, 3.63) is 52.1 Å². The van der Waals surface area contributed by atoms with Crippen molar-refractivity contribution in [1.82, 2.24) is 10.1 Å². The number of amides is 2. The van der Waals surface area contributed by atoms with Crippen LogP contribution in [-0.4, -0.2) is 32.7 Å². The summed E-state index contributed by atoms with van der Waals surface area (Å²) < 4.78 is 5.43. The zero-order valence-electron chi connectivity index (χ0n) is 15.7. The number of benzene rings is 1. The van der Waals surface area contributed by atoms with Crippen LogP contribution in [0.15, 0.2) is 39.8 Å². The maximum Gasteiger partial charge on any atom is 0.266 e. The van der Waals surface area contributed by atoms with Crippen molar-refractivity contribution in [2.45, 2.75) is 33.1 Å². The van der Waals surface area contributed by atoms with Crippen molar-refractivity contribution in [3.8, 4) is 0 Å². The maximum atomic E-state index is 12.6. The first-order valence-electron chi connectivity index (χ1n) is 9.03. The van der Waals surface area contributed by atoms with Crippen molar-refractivity contribution in [2.75, 3.05) is 11.9 Å². The number of hydrogen-bond donors (Lipinski definition) is 1. The molecule has 2 amide bonds. The second-order valence-electron chi connectivity index (χ2n) is 6.40. The standard InChI is InChI=1S/C20H21N3O3S2/c1-3-14-6-8-15(9-7-14)12-16-19(25)23(20(27)28-16)10-4-5-18(24)21-17-11-13(2)26-22-17/h6-9,11-12H,3-5,10H2,1-2H3,(H,21,22,24)/b16-12-. The molecule has 1 aliphatic heterocycles.